The van der Waals surface area contributed by atoms with Crippen LogP contribution in [0.15, 0.2) is 53.2 Å². The van der Waals surface area contributed by atoms with Crippen molar-refractivity contribution in [1.82, 2.24) is 9.97 Å². The fourth-order valence-electron chi connectivity index (χ4n) is 3.07. The smallest absolute Gasteiger partial charge is 0.235 e. The Morgan fingerprint density at radius 3 is 2.50 bits per heavy atom. The van der Waals surface area contributed by atoms with E-state index in [0.29, 0.717) is 43.6 Å². The third kappa shape index (κ3) is 2.97. The Balaban J connectivity index is 1.54. The highest BCUT2D eigenvalue weighted by molar-refractivity contribution is 5.59. The lowest BCUT2D eigenvalue weighted by Gasteiger charge is -2.36. The predicted molar refractivity (Wildman–Crippen MR) is 95.3 cm³/mol. The zero-order valence-electron chi connectivity index (χ0n) is 14.0. The van der Waals surface area contributed by atoms with Gasteiger partial charge in [-0.1, -0.05) is 12.1 Å². The summed E-state index contributed by atoms with van der Waals surface area (Å²) in [5.41, 5.74) is 1.57. The summed E-state index contributed by atoms with van der Waals surface area (Å²) in [5.74, 6) is 0.609. The van der Waals surface area contributed by atoms with Gasteiger partial charge in [0.2, 0.25) is 17.5 Å². The Labute approximate surface area is 150 Å². The first kappa shape index (κ1) is 16.1. The van der Waals surface area contributed by atoms with Crippen molar-refractivity contribution in [1.29, 1.82) is 5.26 Å². The van der Waals surface area contributed by atoms with Crippen LogP contribution in [-0.2, 0) is 0 Å². The van der Waals surface area contributed by atoms with Gasteiger partial charge in [0.25, 0.3) is 0 Å². The standard InChI is InChI=1S/C19H16FN5O/c20-15-5-1-2-6-17(15)24-8-10-25(11-9-24)19-16(12-21)23-18(26-19)14-4-3-7-22-13-14/h1-7,13H,8-11H2. The molecule has 0 unspecified atom stereocenters. The molecule has 0 bridgehead atoms. The zero-order chi connectivity index (χ0) is 17.9. The number of hydrogen-bond acceptors (Lipinski definition) is 6. The molecule has 2 aromatic heterocycles. The van der Waals surface area contributed by atoms with Crippen molar-refractivity contribution in [3.8, 4) is 17.5 Å². The molecule has 0 atom stereocenters. The Hall–Kier alpha value is -3.40. The normalized spacial score (nSPS) is 14.3. The summed E-state index contributed by atoms with van der Waals surface area (Å²) in [4.78, 5) is 12.3. The number of piperazine rings is 1. The summed E-state index contributed by atoms with van der Waals surface area (Å²) in [6.07, 6.45) is 3.31. The van der Waals surface area contributed by atoms with Gasteiger partial charge in [0.15, 0.2) is 0 Å². The van der Waals surface area contributed by atoms with Crippen LogP contribution in [-0.4, -0.2) is 36.1 Å². The van der Waals surface area contributed by atoms with Gasteiger partial charge in [-0.15, -0.1) is 0 Å². The molecule has 26 heavy (non-hydrogen) atoms. The van der Waals surface area contributed by atoms with E-state index in [1.807, 2.05) is 21.9 Å². The van der Waals surface area contributed by atoms with Crippen LogP contribution in [0.3, 0.4) is 0 Å². The molecule has 130 valence electrons. The lowest BCUT2D eigenvalue weighted by atomic mass is 10.2. The number of hydrogen-bond donors (Lipinski definition) is 0. The first-order chi connectivity index (χ1) is 12.8. The molecular weight excluding hydrogens is 333 g/mol. The third-order valence-corrected chi connectivity index (χ3v) is 4.38. The van der Waals surface area contributed by atoms with E-state index >= 15 is 0 Å². The molecule has 0 N–H and O–H groups in total. The highest BCUT2D eigenvalue weighted by Gasteiger charge is 2.25. The second kappa shape index (κ2) is 6.84. The maximum absolute atomic E-state index is 14.0. The van der Waals surface area contributed by atoms with Gasteiger partial charge >= 0.3 is 0 Å². The second-order valence-electron chi connectivity index (χ2n) is 5.95. The number of aromatic nitrogens is 2. The average molecular weight is 349 g/mol. The van der Waals surface area contributed by atoms with Crippen LogP contribution in [0.4, 0.5) is 16.0 Å². The Bertz CT molecular complexity index is 942. The molecule has 3 aromatic rings. The van der Waals surface area contributed by atoms with Crippen LogP contribution in [0.5, 0.6) is 0 Å². The fourth-order valence-corrected chi connectivity index (χ4v) is 3.07. The molecule has 7 heteroatoms. The lowest BCUT2D eigenvalue weighted by Crippen LogP contribution is -2.47. The number of rotatable bonds is 3. The average Bonchev–Trinajstić information content (AvgIpc) is 3.14. The number of nitriles is 1. The molecule has 1 aliphatic heterocycles. The predicted octanol–water partition coefficient (Wildman–Crippen LogP) is 3.07. The Morgan fingerprint density at radius 1 is 1.04 bits per heavy atom. The molecule has 3 heterocycles. The van der Waals surface area contributed by atoms with Crippen LogP contribution in [0.2, 0.25) is 0 Å². The molecule has 0 aliphatic carbocycles. The van der Waals surface area contributed by atoms with E-state index in [4.69, 9.17) is 4.42 Å². The number of oxazole rings is 1. The quantitative estimate of drug-likeness (QED) is 0.724. The molecule has 4 rings (SSSR count). The maximum atomic E-state index is 14.0. The maximum Gasteiger partial charge on any atom is 0.235 e. The summed E-state index contributed by atoms with van der Waals surface area (Å²) < 4.78 is 19.8. The summed E-state index contributed by atoms with van der Waals surface area (Å²) in [6, 6.07) is 12.5. The molecule has 0 spiro atoms. The third-order valence-electron chi connectivity index (χ3n) is 4.38. The molecule has 1 saturated heterocycles. The number of benzene rings is 1. The van der Waals surface area contributed by atoms with Crippen LogP contribution in [0.25, 0.3) is 11.5 Å². The minimum Gasteiger partial charge on any atom is -0.419 e. The van der Waals surface area contributed by atoms with Gasteiger partial charge in [-0.2, -0.15) is 10.2 Å². The molecule has 1 aliphatic rings. The number of anilines is 2. The van der Waals surface area contributed by atoms with Crippen LogP contribution in [0, 0.1) is 17.1 Å². The zero-order valence-corrected chi connectivity index (χ0v) is 14.0. The van der Waals surface area contributed by atoms with Gasteiger partial charge in [0.05, 0.1) is 11.3 Å². The van der Waals surface area contributed by atoms with Crippen LogP contribution in [0.1, 0.15) is 5.69 Å². The number of nitrogens with zero attached hydrogens (tertiary/aromatic N) is 5. The summed E-state index contributed by atoms with van der Waals surface area (Å²) in [7, 11) is 0. The van der Waals surface area contributed by atoms with Crippen molar-refractivity contribution >= 4 is 11.6 Å². The molecule has 0 saturated carbocycles. The van der Waals surface area contributed by atoms with E-state index in [1.54, 1.807) is 30.6 Å². The first-order valence-corrected chi connectivity index (χ1v) is 8.32. The van der Waals surface area contributed by atoms with Gasteiger partial charge < -0.3 is 14.2 Å². The van der Waals surface area contributed by atoms with E-state index < -0.39 is 0 Å². The summed E-state index contributed by atoms with van der Waals surface area (Å²) in [5, 5.41) is 9.40. The van der Waals surface area contributed by atoms with Crippen molar-refractivity contribution in [3.05, 3.63) is 60.3 Å². The molecule has 1 fully saturated rings. The van der Waals surface area contributed by atoms with Crippen molar-refractivity contribution in [3.63, 3.8) is 0 Å². The Kier molecular flexibility index (Phi) is 4.23. The highest BCUT2D eigenvalue weighted by atomic mass is 19.1. The van der Waals surface area contributed by atoms with Crippen molar-refractivity contribution in [2.24, 2.45) is 0 Å². The van der Waals surface area contributed by atoms with Crippen molar-refractivity contribution in [2.75, 3.05) is 36.0 Å². The minimum atomic E-state index is -0.225. The van der Waals surface area contributed by atoms with E-state index in [2.05, 4.69) is 16.0 Å². The monoisotopic (exact) mass is 349 g/mol. The van der Waals surface area contributed by atoms with E-state index in [1.165, 1.54) is 6.07 Å². The molecular formula is C19H16FN5O. The lowest BCUT2D eigenvalue weighted by molar-refractivity contribution is 0.527. The van der Waals surface area contributed by atoms with Gasteiger partial charge in [-0.05, 0) is 24.3 Å². The van der Waals surface area contributed by atoms with Crippen molar-refractivity contribution < 1.29 is 8.81 Å². The fraction of sp³-hybridized carbons (Fsp3) is 0.211. The second-order valence-corrected chi connectivity index (χ2v) is 5.95. The topological polar surface area (TPSA) is 69.2 Å². The van der Waals surface area contributed by atoms with E-state index in [9.17, 15) is 9.65 Å². The van der Waals surface area contributed by atoms with Gasteiger partial charge in [0.1, 0.15) is 11.9 Å². The number of para-hydroxylation sites is 1. The largest absolute Gasteiger partial charge is 0.419 e. The molecule has 0 amide bonds. The van der Waals surface area contributed by atoms with Gasteiger partial charge in [-0.25, -0.2) is 4.39 Å². The van der Waals surface area contributed by atoms with Crippen LogP contribution >= 0.6 is 0 Å². The van der Waals surface area contributed by atoms with Crippen LogP contribution < -0.4 is 9.80 Å². The number of halogens is 1. The summed E-state index contributed by atoms with van der Waals surface area (Å²) >= 11 is 0. The molecule has 6 nitrogen and oxygen atoms in total. The van der Waals surface area contributed by atoms with Crippen molar-refractivity contribution in [2.45, 2.75) is 0 Å². The first-order valence-electron chi connectivity index (χ1n) is 8.32. The number of pyridine rings is 1. The summed E-state index contributed by atoms with van der Waals surface area (Å²) in [6.45, 7) is 2.50. The Morgan fingerprint density at radius 2 is 1.81 bits per heavy atom. The SMILES string of the molecule is N#Cc1nc(-c2cccnc2)oc1N1CCN(c2ccccc2F)CC1. The minimum absolute atomic E-state index is 0.225. The van der Waals surface area contributed by atoms with E-state index in [-0.39, 0.29) is 11.5 Å². The highest BCUT2D eigenvalue weighted by Crippen LogP contribution is 2.29. The molecule has 0 radical (unpaired) electrons. The van der Waals surface area contributed by atoms with E-state index in [0.717, 1.165) is 5.56 Å². The van der Waals surface area contributed by atoms with Gasteiger partial charge in [0, 0.05) is 38.6 Å². The van der Waals surface area contributed by atoms with Gasteiger partial charge in [-0.3, -0.25) is 4.98 Å². The molecule has 1 aromatic carbocycles.